The van der Waals surface area contributed by atoms with Gasteiger partial charge in [-0.25, -0.2) is 9.97 Å². The topological polar surface area (TPSA) is 64.9 Å². The van der Waals surface area contributed by atoms with Crippen molar-refractivity contribution in [3.63, 3.8) is 0 Å². The van der Waals surface area contributed by atoms with E-state index in [0.717, 1.165) is 37.3 Å². The van der Waals surface area contributed by atoms with Crippen molar-refractivity contribution in [1.82, 2.24) is 9.97 Å². The molecule has 1 aliphatic carbocycles. The van der Waals surface area contributed by atoms with Crippen molar-refractivity contribution >= 4 is 0 Å². The van der Waals surface area contributed by atoms with Crippen molar-refractivity contribution in [2.45, 2.75) is 26.2 Å². The normalized spacial score (nSPS) is 18.7. The maximum atomic E-state index is 5.76. The van der Waals surface area contributed by atoms with Crippen molar-refractivity contribution in [2.75, 3.05) is 6.54 Å². The first-order valence-electron chi connectivity index (χ1n) is 6.38. The lowest BCUT2D eigenvalue weighted by atomic mass is 9.86. The second kappa shape index (κ2) is 4.53. The molecular formula is C14H17N3O. The van der Waals surface area contributed by atoms with Crippen LogP contribution in [0, 0.1) is 12.8 Å². The summed E-state index contributed by atoms with van der Waals surface area (Å²) in [6.07, 6.45) is 4.78. The minimum absolute atomic E-state index is 0.578. The van der Waals surface area contributed by atoms with Gasteiger partial charge in [-0.1, -0.05) is 0 Å². The van der Waals surface area contributed by atoms with E-state index in [9.17, 15) is 0 Å². The lowest BCUT2D eigenvalue weighted by Gasteiger charge is -2.23. The van der Waals surface area contributed by atoms with E-state index in [4.69, 9.17) is 10.2 Å². The number of hydrogen-bond donors (Lipinski definition) is 1. The molecule has 4 nitrogen and oxygen atoms in total. The molecular weight excluding hydrogens is 226 g/mol. The molecule has 3 rings (SSSR count). The van der Waals surface area contributed by atoms with Crippen LogP contribution >= 0.6 is 0 Å². The van der Waals surface area contributed by atoms with Crippen molar-refractivity contribution in [2.24, 2.45) is 11.7 Å². The summed E-state index contributed by atoms with van der Waals surface area (Å²) in [5, 5.41) is 0. The second-order valence-corrected chi connectivity index (χ2v) is 4.88. The highest BCUT2D eigenvalue weighted by atomic mass is 16.3. The molecule has 0 fully saturated rings. The number of aromatic nitrogens is 2. The maximum Gasteiger partial charge on any atom is 0.196 e. The van der Waals surface area contributed by atoms with Gasteiger partial charge >= 0.3 is 0 Å². The summed E-state index contributed by atoms with van der Waals surface area (Å²) in [6.45, 7) is 2.80. The predicted octanol–water partition coefficient (Wildman–Crippen LogP) is 2.11. The molecule has 4 heteroatoms. The van der Waals surface area contributed by atoms with Crippen LogP contribution in [0.5, 0.6) is 0 Å². The highest BCUT2D eigenvalue weighted by Gasteiger charge is 2.22. The van der Waals surface area contributed by atoms with E-state index in [1.54, 1.807) is 6.26 Å². The van der Waals surface area contributed by atoms with Gasteiger partial charge < -0.3 is 10.2 Å². The number of nitrogens with zero attached hydrogens (tertiary/aromatic N) is 2. The van der Waals surface area contributed by atoms with E-state index >= 15 is 0 Å². The van der Waals surface area contributed by atoms with Crippen LogP contribution in [0.2, 0.25) is 0 Å². The van der Waals surface area contributed by atoms with Gasteiger partial charge in [-0.05, 0) is 56.3 Å². The van der Waals surface area contributed by atoms with Crippen LogP contribution in [0.25, 0.3) is 11.6 Å². The number of fused-ring (bicyclic) bond motifs is 1. The zero-order chi connectivity index (χ0) is 12.5. The second-order valence-electron chi connectivity index (χ2n) is 4.88. The molecule has 0 aromatic carbocycles. The molecule has 1 aliphatic rings. The Balaban J connectivity index is 2.01. The Morgan fingerprint density at radius 3 is 3.06 bits per heavy atom. The van der Waals surface area contributed by atoms with Gasteiger partial charge in [0.2, 0.25) is 0 Å². The minimum atomic E-state index is 0.578. The summed E-state index contributed by atoms with van der Waals surface area (Å²) in [7, 11) is 0. The van der Waals surface area contributed by atoms with E-state index < -0.39 is 0 Å². The zero-order valence-electron chi connectivity index (χ0n) is 10.5. The summed E-state index contributed by atoms with van der Waals surface area (Å²) in [6, 6.07) is 3.75. The zero-order valence-corrected chi connectivity index (χ0v) is 10.5. The molecule has 0 radical (unpaired) electrons. The monoisotopic (exact) mass is 243 g/mol. The fraction of sp³-hybridized carbons (Fsp3) is 0.429. The molecule has 0 amide bonds. The number of aryl methyl sites for hydroxylation is 2. The fourth-order valence-electron chi connectivity index (χ4n) is 2.58. The van der Waals surface area contributed by atoms with Crippen molar-refractivity contribution in [3.05, 3.63) is 35.3 Å². The lowest BCUT2D eigenvalue weighted by Crippen LogP contribution is -2.24. The van der Waals surface area contributed by atoms with Crippen molar-refractivity contribution in [3.8, 4) is 11.6 Å². The van der Waals surface area contributed by atoms with E-state index in [-0.39, 0.29) is 0 Å². The molecule has 18 heavy (non-hydrogen) atoms. The van der Waals surface area contributed by atoms with Crippen LogP contribution in [0.4, 0.5) is 0 Å². The molecule has 94 valence electrons. The largest absolute Gasteiger partial charge is 0.461 e. The Morgan fingerprint density at radius 2 is 2.33 bits per heavy atom. The Kier molecular flexibility index (Phi) is 2.88. The van der Waals surface area contributed by atoms with Crippen LogP contribution in [0.15, 0.2) is 22.8 Å². The molecule has 2 heterocycles. The Bertz CT molecular complexity index is 548. The number of rotatable bonds is 2. The summed E-state index contributed by atoms with van der Waals surface area (Å²) in [5.74, 6) is 2.01. The Morgan fingerprint density at radius 1 is 1.44 bits per heavy atom. The van der Waals surface area contributed by atoms with Gasteiger partial charge in [-0.15, -0.1) is 0 Å². The van der Waals surface area contributed by atoms with Crippen LogP contribution in [-0.2, 0) is 12.8 Å². The first-order chi connectivity index (χ1) is 8.78. The quantitative estimate of drug-likeness (QED) is 0.877. The fourth-order valence-corrected chi connectivity index (χ4v) is 2.58. The first kappa shape index (κ1) is 11.4. The molecule has 2 N–H and O–H groups in total. The van der Waals surface area contributed by atoms with Gasteiger partial charge in [-0.2, -0.15) is 0 Å². The molecule has 0 aliphatic heterocycles. The molecule has 0 bridgehead atoms. The molecule has 1 atom stereocenters. The standard InChI is InChI=1S/C14H17N3O/c1-9-11-7-10(8-15)4-5-12(11)17-14(16-9)13-3-2-6-18-13/h2-3,6,10H,4-5,7-8,15H2,1H3. The molecule has 1 unspecified atom stereocenters. The third-order valence-corrected chi connectivity index (χ3v) is 3.66. The first-order valence-corrected chi connectivity index (χ1v) is 6.38. The summed E-state index contributed by atoms with van der Waals surface area (Å²) >= 11 is 0. The maximum absolute atomic E-state index is 5.76. The molecule has 0 saturated carbocycles. The van der Waals surface area contributed by atoms with Crippen LogP contribution in [-0.4, -0.2) is 16.5 Å². The van der Waals surface area contributed by atoms with Crippen LogP contribution < -0.4 is 5.73 Å². The average molecular weight is 243 g/mol. The van der Waals surface area contributed by atoms with Gasteiger partial charge in [0.05, 0.1) is 6.26 Å². The van der Waals surface area contributed by atoms with Crippen LogP contribution in [0.1, 0.15) is 23.4 Å². The van der Waals surface area contributed by atoms with E-state index in [1.807, 2.05) is 19.1 Å². The lowest BCUT2D eigenvalue weighted by molar-refractivity contribution is 0.459. The summed E-state index contributed by atoms with van der Waals surface area (Å²) in [5.41, 5.74) is 9.27. The molecule has 2 aromatic heterocycles. The number of furan rings is 1. The number of hydrogen-bond acceptors (Lipinski definition) is 4. The predicted molar refractivity (Wildman–Crippen MR) is 69.0 cm³/mol. The van der Waals surface area contributed by atoms with E-state index in [0.29, 0.717) is 11.7 Å². The average Bonchev–Trinajstić information content (AvgIpc) is 2.92. The highest BCUT2D eigenvalue weighted by molar-refractivity contribution is 5.48. The van der Waals surface area contributed by atoms with Gasteiger partial charge in [0, 0.05) is 11.4 Å². The third kappa shape index (κ3) is 1.93. The number of nitrogens with two attached hydrogens (primary N) is 1. The molecule has 2 aromatic rings. The SMILES string of the molecule is Cc1nc(-c2ccco2)nc2c1CC(CN)CC2. The molecule has 0 spiro atoms. The smallest absolute Gasteiger partial charge is 0.196 e. The molecule has 0 saturated heterocycles. The third-order valence-electron chi connectivity index (χ3n) is 3.66. The van der Waals surface area contributed by atoms with Gasteiger partial charge in [-0.3, -0.25) is 0 Å². The van der Waals surface area contributed by atoms with Crippen LogP contribution in [0.3, 0.4) is 0 Å². The van der Waals surface area contributed by atoms with Crippen molar-refractivity contribution in [1.29, 1.82) is 0 Å². The Hall–Kier alpha value is -1.68. The van der Waals surface area contributed by atoms with Crippen molar-refractivity contribution < 1.29 is 4.42 Å². The summed E-state index contributed by atoms with van der Waals surface area (Å²) < 4.78 is 5.36. The van der Waals surface area contributed by atoms with E-state index in [2.05, 4.69) is 9.97 Å². The van der Waals surface area contributed by atoms with Gasteiger partial charge in [0.15, 0.2) is 11.6 Å². The highest BCUT2D eigenvalue weighted by Crippen LogP contribution is 2.27. The summed E-state index contributed by atoms with van der Waals surface area (Å²) in [4.78, 5) is 9.19. The Labute approximate surface area is 106 Å². The minimum Gasteiger partial charge on any atom is -0.461 e. The van der Waals surface area contributed by atoms with Gasteiger partial charge in [0.1, 0.15) is 0 Å². The van der Waals surface area contributed by atoms with E-state index in [1.165, 1.54) is 11.3 Å². The van der Waals surface area contributed by atoms with Gasteiger partial charge in [0.25, 0.3) is 0 Å².